The van der Waals surface area contributed by atoms with E-state index >= 15 is 0 Å². The largest absolute Gasteiger partial charge is 0.310 e. The first-order valence-electron chi connectivity index (χ1n) is 7.55. The molecule has 126 valence electrons. The zero-order valence-corrected chi connectivity index (χ0v) is 14.3. The Bertz CT molecular complexity index is 908. The Morgan fingerprint density at radius 3 is 2.67 bits per heavy atom. The average molecular weight is 348 g/mol. The van der Waals surface area contributed by atoms with Crippen LogP contribution in [-0.4, -0.2) is 16.0 Å². The molecule has 3 aromatic rings. The number of aromatic amines is 1. The number of nitrogens with zero attached hydrogens (tertiary/aromatic N) is 1. The van der Waals surface area contributed by atoms with Gasteiger partial charge in [-0.1, -0.05) is 26.0 Å². The highest BCUT2D eigenvalue weighted by atomic mass is 35.5. The van der Waals surface area contributed by atoms with Gasteiger partial charge in [0.25, 0.3) is 0 Å². The van der Waals surface area contributed by atoms with Crippen molar-refractivity contribution in [2.75, 3.05) is 0 Å². The minimum absolute atomic E-state index is 0. The third-order valence-corrected chi connectivity index (χ3v) is 3.67. The third kappa shape index (κ3) is 3.80. The number of hydrogen-bond acceptors (Lipinski definition) is 3. The van der Waals surface area contributed by atoms with Crippen molar-refractivity contribution in [2.45, 2.75) is 26.4 Å². The lowest BCUT2D eigenvalue weighted by atomic mass is 10.0. The number of rotatable bonds is 4. The summed E-state index contributed by atoms with van der Waals surface area (Å²) >= 11 is 0. The van der Waals surface area contributed by atoms with Gasteiger partial charge in [0.1, 0.15) is 11.5 Å². The fourth-order valence-electron chi connectivity index (χ4n) is 2.50. The van der Waals surface area contributed by atoms with Crippen LogP contribution in [0.4, 0.5) is 4.39 Å². The van der Waals surface area contributed by atoms with Crippen molar-refractivity contribution in [3.8, 4) is 11.1 Å². The summed E-state index contributed by atoms with van der Waals surface area (Å²) in [5, 5.41) is 3.99. The SMILES string of the molecule is CC(C)NCc1ccc(-c2ccnc3[nH]c(=O)ccc23)c(F)c1.Cl. The van der Waals surface area contributed by atoms with Crippen LogP contribution in [0.15, 0.2) is 47.4 Å². The van der Waals surface area contributed by atoms with Crippen LogP contribution < -0.4 is 10.9 Å². The van der Waals surface area contributed by atoms with Crippen molar-refractivity contribution in [3.63, 3.8) is 0 Å². The highest BCUT2D eigenvalue weighted by Gasteiger charge is 2.10. The number of halogens is 2. The van der Waals surface area contributed by atoms with Gasteiger partial charge < -0.3 is 10.3 Å². The fourth-order valence-corrected chi connectivity index (χ4v) is 2.50. The molecule has 4 nitrogen and oxygen atoms in total. The van der Waals surface area contributed by atoms with Crippen LogP contribution >= 0.6 is 12.4 Å². The lowest BCUT2D eigenvalue weighted by Crippen LogP contribution is -2.21. The Kier molecular flexibility index (Phi) is 5.70. The molecular formula is C18H19ClFN3O. The van der Waals surface area contributed by atoms with E-state index in [-0.39, 0.29) is 23.8 Å². The van der Waals surface area contributed by atoms with Gasteiger partial charge in [0.2, 0.25) is 5.56 Å². The molecule has 0 saturated carbocycles. The fraction of sp³-hybridized carbons (Fsp3) is 0.222. The van der Waals surface area contributed by atoms with Gasteiger partial charge >= 0.3 is 0 Å². The summed E-state index contributed by atoms with van der Waals surface area (Å²) in [6, 6.07) is 10.4. The molecule has 3 rings (SSSR count). The molecule has 2 N–H and O–H groups in total. The van der Waals surface area contributed by atoms with E-state index in [9.17, 15) is 9.18 Å². The van der Waals surface area contributed by atoms with Gasteiger partial charge in [-0.15, -0.1) is 12.4 Å². The topological polar surface area (TPSA) is 57.8 Å². The summed E-state index contributed by atoms with van der Waals surface area (Å²) in [6.45, 7) is 4.72. The highest BCUT2D eigenvalue weighted by Crippen LogP contribution is 2.28. The molecule has 0 fully saturated rings. The van der Waals surface area contributed by atoms with Gasteiger partial charge in [-0.05, 0) is 29.3 Å². The minimum atomic E-state index is -0.285. The van der Waals surface area contributed by atoms with Crippen molar-refractivity contribution >= 4 is 23.4 Å². The molecule has 1 aromatic carbocycles. The molecule has 0 aliphatic carbocycles. The molecule has 0 bridgehead atoms. The number of fused-ring (bicyclic) bond motifs is 1. The van der Waals surface area contributed by atoms with Crippen LogP contribution in [0.5, 0.6) is 0 Å². The van der Waals surface area contributed by atoms with Crippen LogP contribution in [0.3, 0.4) is 0 Å². The van der Waals surface area contributed by atoms with Crippen LogP contribution in [-0.2, 0) is 6.54 Å². The summed E-state index contributed by atoms with van der Waals surface area (Å²) in [5.41, 5.74) is 2.34. The van der Waals surface area contributed by atoms with Gasteiger partial charge in [0.05, 0.1) is 0 Å². The zero-order chi connectivity index (χ0) is 16.4. The number of nitrogens with one attached hydrogen (secondary N) is 2. The molecule has 0 aliphatic rings. The molecule has 6 heteroatoms. The minimum Gasteiger partial charge on any atom is -0.310 e. The molecule has 0 atom stereocenters. The van der Waals surface area contributed by atoms with Gasteiger partial charge in [-0.2, -0.15) is 0 Å². The maximum Gasteiger partial charge on any atom is 0.249 e. The number of hydrogen-bond donors (Lipinski definition) is 2. The third-order valence-electron chi connectivity index (χ3n) is 3.67. The number of H-pyrrole nitrogens is 1. The Balaban J connectivity index is 0.00000208. The second-order valence-corrected chi connectivity index (χ2v) is 5.79. The Hall–Kier alpha value is -2.24. The van der Waals surface area contributed by atoms with E-state index in [2.05, 4.69) is 29.1 Å². The number of pyridine rings is 2. The standard InChI is InChI=1S/C18H18FN3O.ClH/c1-11(2)21-10-12-3-4-14(16(19)9-12)13-7-8-20-18-15(13)5-6-17(23)22-18;/h3-9,11,21H,10H2,1-2H3,(H,20,22,23);1H. The Morgan fingerprint density at radius 1 is 1.17 bits per heavy atom. The molecular weight excluding hydrogens is 329 g/mol. The summed E-state index contributed by atoms with van der Waals surface area (Å²) in [4.78, 5) is 18.2. The van der Waals surface area contributed by atoms with Crippen molar-refractivity contribution in [1.29, 1.82) is 0 Å². The quantitative estimate of drug-likeness (QED) is 0.757. The molecule has 0 spiro atoms. The van der Waals surface area contributed by atoms with E-state index in [0.29, 0.717) is 29.4 Å². The van der Waals surface area contributed by atoms with E-state index in [0.717, 1.165) is 10.9 Å². The van der Waals surface area contributed by atoms with Crippen LogP contribution in [0, 0.1) is 5.82 Å². The predicted molar refractivity (Wildman–Crippen MR) is 97.0 cm³/mol. The van der Waals surface area contributed by atoms with Crippen molar-refractivity contribution in [3.05, 3.63) is 64.3 Å². The van der Waals surface area contributed by atoms with Crippen molar-refractivity contribution < 1.29 is 4.39 Å². The van der Waals surface area contributed by atoms with Gasteiger partial charge in [0.15, 0.2) is 0 Å². The first-order chi connectivity index (χ1) is 11.0. The van der Waals surface area contributed by atoms with E-state index in [1.165, 1.54) is 6.07 Å². The molecule has 2 aromatic heterocycles. The first kappa shape index (κ1) is 18.1. The smallest absolute Gasteiger partial charge is 0.249 e. The molecule has 24 heavy (non-hydrogen) atoms. The molecule has 0 saturated heterocycles. The molecule has 0 amide bonds. The van der Waals surface area contributed by atoms with Gasteiger partial charge in [0, 0.05) is 35.8 Å². The first-order valence-corrected chi connectivity index (χ1v) is 7.55. The lowest BCUT2D eigenvalue weighted by molar-refractivity contribution is 0.582. The maximum atomic E-state index is 14.5. The van der Waals surface area contributed by atoms with Crippen LogP contribution in [0.1, 0.15) is 19.4 Å². The highest BCUT2D eigenvalue weighted by molar-refractivity contribution is 5.92. The monoisotopic (exact) mass is 347 g/mol. The number of aromatic nitrogens is 2. The molecule has 0 unspecified atom stereocenters. The second kappa shape index (κ2) is 7.55. The van der Waals surface area contributed by atoms with Crippen molar-refractivity contribution in [2.24, 2.45) is 0 Å². The zero-order valence-electron chi connectivity index (χ0n) is 13.5. The summed E-state index contributed by atoms with van der Waals surface area (Å²) < 4.78 is 14.5. The number of benzene rings is 1. The van der Waals surface area contributed by atoms with Crippen LogP contribution in [0.2, 0.25) is 0 Å². The Labute approximate surface area is 145 Å². The van der Waals surface area contributed by atoms with Gasteiger partial charge in [-0.3, -0.25) is 4.79 Å². The van der Waals surface area contributed by atoms with Gasteiger partial charge in [-0.25, -0.2) is 9.37 Å². The second-order valence-electron chi connectivity index (χ2n) is 5.79. The normalized spacial score (nSPS) is 10.8. The Morgan fingerprint density at radius 2 is 1.96 bits per heavy atom. The van der Waals surface area contributed by atoms with E-state index in [1.54, 1.807) is 30.5 Å². The maximum absolute atomic E-state index is 14.5. The van der Waals surface area contributed by atoms with Crippen molar-refractivity contribution in [1.82, 2.24) is 15.3 Å². The molecule has 0 aliphatic heterocycles. The predicted octanol–water partition coefficient (Wildman–Crippen LogP) is 3.65. The average Bonchev–Trinajstić information content (AvgIpc) is 2.52. The summed E-state index contributed by atoms with van der Waals surface area (Å²) in [6.07, 6.45) is 1.57. The summed E-state index contributed by atoms with van der Waals surface area (Å²) in [5.74, 6) is -0.285. The van der Waals surface area contributed by atoms with E-state index in [4.69, 9.17) is 0 Å². The van der Waals surface area contributed by atoms with E-state index in [1.807, 2.05) is 6.07 Å². The lowest BCUT2D eigenvalue weighted by Gasteiger charge is -2.11. The molecule has 0 radical (unpaired) electrons. The van der Waals surface area contributed by atoms with Crippen LogP contribution in [0.25, 0.3) is 22.2 Å². The molecule has 2 heterocycles. The summed E-state index contributed by atoms with van der Waals surface area (Å²) in [7, 11) is 0. The van der Waals surface area contributed by atoms with E-state index < -0.39 is 0 Å².